The number of carbonyl (C=O) groups excluding carboxylic acids is 1. The Morgan fingerprint density at radius 3 is 2.40 bits per heavy atom. The minimum atomic E-state index is -3.71. The molecule has 3 aromatic carbocycles. The number of nitrogens with one attached hydrogen (secondary N) is 2. The predicted octanol–water partition coefficient (Wildman–Crippen LogP) is 3.73. The Bertz CT molecular complexity index is 1150. The molecule has 0 heterocycles. The first-order valence-corrected chi connectivity index (χ1v) is 11.2. The average molecular weight is 427 g/mol. The second kappa shape index (κ2) is 8.85. The van der Waals surface area contributed by atoms with Crippen LogP contribution in [0.15, 0.2) is 71.6 Å². The van der Waals surface area contributed by atoms with Crippen molar-refractivity contribution in [1.82, 2.24) is 10.0 Å². The molecule has 0 unspecified atom stereocenters. The van der Waals surface area contributed by atoms with E-state index in [4.69, 9.17) is 4.74 Å². The fourth-order valence-corrected chi connectivity index (χ4v) is 4.42. The highest BCUT2D eigenvalue weighted by atomic mass is 32.2. The molecule has 2 N–H and O–H groups in total. The van der Waals surface area contributed by atoms with Crippen molar-refractivity contribution in [2.45, 2.75) is 31.2 Å². The molecule has 3 rings (SSSR count). The highest BCUT2D eigenvalue weighted by molar-refractivity contribution is 7.89. The number of carbonyl (C=O) groups is 1. The predicted molar refractivity (Wildman–Crippen MR) is 118 cm³/mol. The lowest BCUT2D eigenvalue weighted by Crippen LogP contribution is -2.40. The van der Waals surface area contributed by atoms with Crippen LogP contribution >= 0.6 is 0 Å². The van der Waals surface area contributed by atoms with Crippen LogP contribution in [0.4, 0.5) is 0 Å². The Labute approximate surface area is 177 Å². The Hall–Kier alpha value is -2.90. The van der Waals surface area contributed by atoms with E-state index in [-0.39, 0.29) is 16.4 Å². The molecular weight excluding hydrogens is 400 g/mol. The van der Waals surface area contributed by atoms with Gasteiger partial charge in [-0.05, 0) is 61.9 Å². The van der Waals surface area contributed by atoms with Crippen molar-refractivity contribution in [3.8, 4) is 5.75 Å². The van der Waals surface area contributed by atoms with Crippen molar-refractivity contribution in [3.63, 3.8) is 0 Å². The summed E-state index contributed by atoms with van der Waals surface area (Å²) in [5, 5.41) is 4.97. The van der Waals surface area contributed by atoms with Crippen molar-refractivity contribution in [3.05, 3.63) is 72.3 Å². The molecule has 0 aliphatic rings. The third-order valence-electron chi connectivity index (χ3n) is 4.22. The largest absolute Gasteiger partial charge is 0.492 e. The first kappa shape index (κ1) is 21.8. The standard InChI is InChI=1S/C23H26N2O4S/c1-23(2,3)25-30(27,28)21-10-6-9-19(16-21)22(26)24-13-14-29-20-12-11-17-7-4-5-8-18(17)15-20/h4-12,15-16,25H,13-14H2,1-3H3,(H,24,26). The summed E-state index contributed by atoms with van der Waals surface area (Å²) < 4.78 is 33.2. The molecule has 0 aromatic heterocycles. The van der Waals surface area contributed by atoms with Crippen molar-refractivity contribution >= 4 is 26.7 Å². The van der Waals surface area contributed by atoms with E-state index < -0.39 is 15.6 Å². The SMILES string of the molecule is CC(C)(C)NS(=O)(=O)c1cccc(C(=O)NCCOc2ccc3ccccc3c2)c1. The molecule has 3 aromatic rings. The molecule has 0 radical (unpaired) electrons. The normalized spacial score (nSPS) is 12.0. The summed E-state index contributed by atoms with van der Waals surface area (Å²) in [4.78, 5) is 12.5. The van der Waals surface area contributed by atoms with Crippen LogP contribution in [-0.4, -0.2) is 33.0 Å². The molecule has 0 aliphatic heterocycles. The van der Waals surface area contributed by atoms with Crippen LogP contribution in [0.2, 0.25) is 0 Å². The van der Waals surface area contributed by atoms with Gasteiger partial charge in [0.05, 0.1) is 11.4 Å². The minimum Gasteiger partial charge on any atom is -0.492 e. The summed E-state index contributed by atoms with van der Waals surface area (Å²) in [6.45, 7) is 5.88. The van der Waals surface area contributed by atoms with Crippen molar-refractivity contribution < 1.29 is 17.9 Å². The van der Waals surface area contributed by atoms with Crippen LogP contribution in [-0.2, 0) is 10.0 Å². The van der Waals surface area contributed by atoms with E-state index in [1.807, 2.05) is 42.5 Å². The van der Waals surface area contributed by atoms with Gasteiger partial charge in [-0.25, -0.2) is 13.1 Å². The number of benzene rings is 3. The van der Waals surface area contributed by atoms with Gasteiger partial charge in [0, 0.05) is 11.1 Å². The molecule has 30 heavy (non-hydrogen) atoms. The highest BCUT2D eigenvalue weighted by Crippen LogP contribution is 2.20. The lowest BCUT2D eigenvalue weighted by atomic mass is 10.1. The quantitative estimate of drug-likeness (QED) is 0.564. The lowest BCUT2D eigenvalue weighted by molar-refractivity contribution is 0.0947. The van der Waals surface area contributed by atoms with Gasteiger partial charge in [-0.15, -0.1) is 0 Å². The van der Waals surface area contributed by atoms with Gasteiger partial charge in [0.25, 0.3) is 5.91 Å². The third kappa shape index (κ3) is 5.81. The summed E-state index contributed by atoms with van der Waals surface area (Å²) in [5.74, 6) is 0.370. The molecule has 0 saturated heterocycles. The van der Waals surface area contributed by atoms with E-state index in [1.165, 1.54) is 12.1 Å². The van der Waals surface area contributed by atoms with Crippen LogP contribution in [0.25, 0.3) is 10.8 Å². The van der Waals surface area contributed by atoms with Gasteiger partial charge < -0.3 is 10.1 Å². The Morgan fingerprint density at radius 2 is 1.67 bits per heavy atom. The Kier molecular flexibility index (Phi) is 6.43. The first-order valence-electron chi connectivity index (χ1n) is 9.68. The zero-order valence-electron chi connectivity index (χ0n) is 17.3. The van der Waals surface area contributed by atoms with Crippen LogP contribution < -0.4 is 14.8 Å². The number of ether oxygens (including phenoxy) is 1. The maximum Gasteiger partial charge on any atom is 0.251 e. The van der Waals surface area contributed by atoms with Crippen molar-refractivity contribution in [2.24, 2.45) is 0 Å². The number of fused-ring (bicyclic) bond motifs is 1. The first-order chi connectivity index (χ1) is 14.1. The third-order valence-corrected chi connectivity index (χ3v) is 5.98. The van der Waals surface area contributed by atoms with Crippen molar-refractivity contribution in [2.75, 3.05) is 13.2 Å². The molecule has 0 aliphatic carbocycles. The van der Waals surface area contributed by atoms with E-state index in [0.717, 1.165) is 16.5 Å². The average Bonchev–Trinajstić information content (AvgIpc) is 2.69. The van der Waals surface area contributed by atoms with Gasteiger partial charge in [-0.2, -0.15) is 0 Å². The van der Waals surface area contributed by atoms with Crippen LogP contribution in [0.1, 0.15) is 31.1 Å². The van der Waals surface area contributed by atoms with Gasteiger partial charge >= 0.3 is 0 Å². The van der Waals surface area contributed by atoms with E-state index in [2.05, 4.69) is 10.0 Å². The van der Waals surface area contributed by atoms with E-state index >= 15 is 0 Å². The molecular formula is C23H26N2O4S. The second-order valence-electron chi connectivity index (χ2n) is 8.00. The minimum absolute atomic E-state index is 0.0532. The maximum absolute atomic E-state index is 12.5. The smallest absolute Gasteiger partial charge is 0.251 e. The van der Waals surface area contributed by atoms with Gasteiger partial charge in [0.15, 0.2) is 0 Å². The van der Waals surface area contributed by atoms with E-state index in [1.54, 1.807) is 32.9 Å². The zero-order chi connectivity index (χ0) is 21.8. The summed E-state index contributed by atoms with van der Waals surface area (Å²) in [7, 11) is -3.71. The van der Waals surface area contributed by atoms with E-state index in [0.29, 0.717) is 13.2 Å². The second-order valence-corrected chi connectivity index (χ2v) is 9.68. The summed E-state index contributed by atoms with van der Waals surface area (Å²) >= 11 is 0. The Morgan fingerprint density at radius 1 is 0.933 bits per heavy atom. The molecule has 0 bridgehead atoms. The highest BCUT2D eigenvalue weighted by Gasteiger charge is 2.22. The fourth-order valence-electron chi connectivity index (χ4n) is 2.96. The van der Waals surface area contributed by atoms with Crippen molar-refractivity contribution in [1.29, 1.82) is 0 Å². The van der Waals surface area contributed by atoms with Gasteiger partial charge in [0.2, 0.25) is 10.0 Å². The summed E-state index contributed by atoms with van der Waals surface area (Å²) in [5.41, 5.74) is -0.338. The number of sulfonamides is 1. The molecule has 0 spiro atoms. The van der Waals surface area contributed by atoms with Crippen LogP contribution in [0.5, 0.6) is 5.75 Å². The zero-order valence-corrected chi connectivity index (χ0v) is 18.1. The maximum atomic E-state index is 12.5. The van der Waals surface area contributed by atoms with Gasteiger partial charge in [0.1, 0.15) is 12.4 Å². The van der Waals surface area contributed by atoms with Gasteiger partial charge in [-0.3, -0.25) is 4.79 Å². The fraction of sp³-hybridized carbons (Fsp3) is 0.261. The number of hydrogen-bond donors (Lipinski definition) is 2. The molecule has 6 nitrogen and oxygen atoms in total. The molecule has 0 atom stereocenters. The molecule has 158 valence electrons. The van der Waals surface area contributed by atoms with Crippen LogP contribution in [0.3, 0.4) is 0 Å². The van der Waals surface area contributed by atoms with E-state index in [9.17, 15) is 13.2 Å². The monoisotopic (exact) mass is 426 g/mol. The molecule has 7 heteroatoms. The molecule has 0 fully saturated rings. The summed E-state index contributed by atoms with van der Waals surface area (Å²) in [6.07, 6.45) is 0. The summed E-state index contributed by atoms with van der Waals surface area (Å²) in [6, 6.07) is 19.8. The van der Waals surface area contributed by atoms with Crippen LogP contribution in [0, 0.1) is 0 Å². The molecule has 0 saturated carbocycles. The Balaban J connectivity index is 1.57. The molecule has 1 amide bonds. The topological polar surface area (TPSA) is 84.5 Å². The number of rotatable bonds is 7. The number of amides is 1. The van der Waals surface area contributed by atoms with Gasteiger partial charge in [-0.1, -0.05) is 36.4 Å². The lowest BCUT2D eigenvalue weighted by Gasteiger charge is -2.20. The number of hydrogen-bond acceptors (Lipinski definition) is 4.